The molecule has 0 radical (unpaired) electrons. The highest BCUT2D eigenvalue weighted by atomic mass is 16.8. The van der Waals surface area contributed by atoms with Crippen molar-refractivity contribution in [2.75, 3.05) is 46.2 Å². The number of carboxylic acid groups (broad SMARTS) is 2. The van der Waals surface area contributed by atoms with Gasteiger partial charge in [-0.15, -0.1) is 0 Å². The molecule has 0 spiro atoms. The molecule has 0 saturated carbocycles. The van der Waals surface area contributed by atoms with Crippen LogP contribution in [0.15, 0.2) is 0 Å². The van der Waals surface area contributed by atoms with Crippen molar-refractivity contribution in [2.45, 2.75) is 290 Å². The lowest BCUT2D eigenvalue weighted by molar-refractivity contribution is -0.402. The van der Waals surface area contributed by atoms with Gasteiger partial charge in [-0.2, -0.15) is 0 Å². The molecule has 9 fully saturated rings. The number of carbonyl (C=O) groups excluding carboxylic acids is 2. The Morgan fingerprint density at radius 3 is 0.926 bits per heavy atom. The van der Waals surface area contributed by atoms with Crippen molar-refractivity contribution in [3.05, 3.63) is 0 Å². The van der Waals surface area contributed by atoms with Crippen LogP contribution in [0.4, 0.5) is 0 Å². The third kappa shape index (κ3) is 18.9. The number of esters is 2. The van der Waals surface area contributed by atoms with Gasteiger partial charge in [0.25, 0.3) is 0 Å². The van der Waals surface area contributed by atoms with Crippen LogP contribution in [0, 0.1) is 0 Å². The van der Waals surface area contributed by atoms with Gasteiger partial charge in [0.2, 0.25) is 0 Å². The number of aliphatic carboxylic acids is 2. The fraction of sp³-hybridized carbons (Fsp3) is 0.931. The number of aliphatic hydroxyl groups excluding tert-OH is 25. The van der Waals surface area contributed by atoms with E-state index in [1.165, 1.54) is 0 Å². The molecule has 0 aromatic carbocycles. The number of aliphatic hydroxyl groups is 25. The van der Waals surface area contributed by atoms with E-state index < -0.39 is 346 Å². The molecule has 0 aliphatic carbocycles. The fourth-order valence-electron chi connectivity index (χ4n) is 13.2. The van der Waals surface area contributed by atoms with Crippen LogP contribution in [0.1, 0.15) is 13.8 Å². The number of carbonyl (C=O) groups is 4. The summed E-state index contributed by atoms with van der Waals surface area (Å²) in [6.07, 6.45) is -102. The molecule has 45 atom stereocenters. The number of ether oxygens (including phenoxy) is 19. The Morgan fingerprint density at radius 2 is 0.519 bits per heavy atom. The summed E-state index contributed by atoms with van der Waals surface area (Å²) >= 11 is 0. The molecule has 9 aliphatic rings. The number of hydrogen-bond acceptors (Lipinski definition) is 48. The highest BCUT2D eigenvalue weighted by Crippen LogP contribution is 2.40. The summed E-state index contributed by atoms with van der Waals surface area (Å²) in [6.45, 7) is -6.12. The summed E-state index contributed by atoms with van der Waals surface area (Å²) in [5, 5.41) is 295. The van der Waals surface area contributed by atoms with Crippen molar-refractivity contribution in [2.24, 2.45) is 0 Å². The average molecular weight is 1590 g/mol. The Morgan fingerprint density at radius 1 is 0.250 bits per heavy atom. The van der Waals surface area contributed by atoms with Crippen LogP contribution in [0.3, 0.4) is 0 Å². The summed E-state index contributed by atoms with van der Waals surface area (Å²) in [6, 6.07) is 0. The summed E-state index contributed by atoms with van der Waals surface area (Å²) in [4.78, 5) is 50.7. The van der Waals surface area contributed by atoms with Crippen molar-refractivity contribution >= 4 is 23.9 Å². The zero-order valence-electron chi connectivity index (χ0n) is 56.4. The molecule has 9 rings (SSSR count). The van der Waals surface area contributed by atoms with Crippen LogP contribution in [0.5, 0.6) is 0 Å². The van der Waals surface area contributed by atoms with Crippen molar-refractivity contribution in [1.82, 2.24) is 0 Å². The lowest BCUT2D eigenvalue weighted by atomic mass is 9.95. The zero-order chi connectivity index (χ0) is 79.7. The monoisotopic (exact) mass is 1590 g/mol. The maximum atomic E-state index is 13.4. The summed E-state index contributed by atoms with van der Waals surface area (Å²) in [7, 11) is 0. The SMILES string of the molecule is CC(=O)O[C@@H]1[C@@H](O)[C@H](O[C@@H]2O[C@H](C(=O)O)[C@@H](O[C@@H]3O[C@H](CO[C@H]4O[C@H](CO[C@H]5O[C@H](CO)[C@@H](O)[C@H](O)[C@@H]5O)[C@@H](O)[C@H](O[C@H]5O[C@H](CO)[C@@H](O)[C@H](O)[C@@H]5O)[C@@H]4O)[C@@H](O)[C@H](O[C@H]4O[C@H](CO[C@H]5O[C@H](CO)[C@@H](O)[C@H](O)[C@@H]5O)[C@@H](O)[C@H](O)[C@@H]4O[C@H]4O[C@H](CO)[C@@H](O)[C@H](O)[C@@H]4O)[C@@H]3O)[C@H](O)[C@H]2OC(C)=O)[C@@H](C(=O)O)O[C@H]1O. The Labute approximate surface area is 606 Å². The van der Waals surface area contributed by atoms with Gasteiger partial charge in [-0.3, -0.25) is 9.59 Å². The van der Waals surface area contributed by atoms with Crippen LogP contribution < -0.4 is 0 Å². The molecule has 108 heavy (non-hydrogen) atoms. The topological polar surface area (TPSA) is 790 Å². The molecule has 50 nitrogen and oxygen atoms in total. The molecule has 624 valence electrons. The van der Waals surface area contributed by atoms with Gasteiger partial charge in [0, 0.05) is 13.8 Å². The van der Waals surface area contributed by atoms with E-state index in [1.807, 2.05) is 0 Å². The van der Waals surface area contributed by atoms with Crippen molar-refractivity contribution in [3.63, 3.8) is 0 Å². The van der Waals surface area contributed by atoms with Gasteiger partial charge >= 0.3 is 23.9 Å². The first kappa shape index (κ1) is 88.2. The largest absolute Gasteiger partial charge is 0.479 e. The molecule has 0 aromatic rings. The molecule has 9 saturated heterocycles. The van der Waals surface area contributed by atoms with E-state index in [0.29, 0.717) is 6.92 Å². The predicted molar refractivity (Wildman–Crippen MR) is 317 cm³/mol. The second kappa shape index (κ2) is 37.7. The molecule has 27 N–H and O–H groups in total. The van der Waals surface area contributed by atoms with Crippen molar-refractivity contribution in [3.8, 4) is 0 Å². The highest BCUT2D eigenvalue weighted by Gasteiger charge is 2.62. The summed E-state index contributed by atoms with van der Waals surface area (Å²) < 4.78 is 107. The first-order chi connectivity index (χ1) is 50.9. The van der Waals surface area contributed by atoms with Crippen LogP contribution >= 0.6 is 0 Å². The maximum Gasteiger partial charge on any atom is 0.335 e. The van der Waals surface area contributed by atoms with Gasteiger partial charge in [0.15, 0.2) is 81.0 Å². The fourth-order valence-corrected chi connectivity index (χ4v) is 13.2. The van der Waals surface area contributed by atoms with E-state index in [4.69, 9.17) is 90.0 Å². The van der Waals surface area contributed by atoms with Gasteiger partial charge in [-0.1, -0.05) is 0 Å². The molecule has 0 bridgehead atoms. The molecule has 9 heterocycles. The quantitative estimate of drug-likeness (QED) is 0.0340. The van der Waals surface area contributed by atoms with E-state index in [1.54, 1.807) is 0 Å². The normalized spacial score (nSPS) is 50.3. The predicted octanol–water partition coefficient (Wildman–Crippen LogP) is -19.3. The zero-order valence-corrected chi connectivity index (χ0v) is 56.4. The first-order valence-corrected chi connectivity index (χ1v) is 33.4. The summed E-state index contributed by atoms with van der Waals surface area (Å²) in [5.74, 6) is -6.74. The molecular weight excluding hydrogens is 1500 g/mol. The van der Waals surface area contributed by atoms with Gasteiger partial charge < -0.3 is 228 Å². The van der Waals surface area contributed by atoms with E-state index >= 15 is 0 Å². The van der Waals surface area contributed by atoms with E-state index in [2.05, 4.69) is 0 Å². The van der Waals surface area contributed by atoms with Gasteiger partial charge in [0.1, 0.15) is 195 Å². The minimum absolute atomic E-state index is 0.702. The number of hydrogen-bond donors (Lipinski definition) is 27. The van der Waals surface area contributed by atoms with Gasteiger partial charge in [-0.05, 0) is 0 Å². The van der Waals surface area contributed by atoms with E-state index in [-0.39, 0.29) is 0 Å². The lowest BCUT2D eigenvalue weighted by Crippen LogP contribution is -2.69. The smallest absolute Gasteiger partial charge is 0.335 e. The highest BCUT2D eigenvalue weighted by molar-refractivity contribution is 5.74. The Kier molecular flexibility index (Phi) is 30.7. The van der Waals surface area contributed by atoms with Crippen molar-refractivity contribution in [1.29, 1.82) is 0 Å². The lowest BCUT2D eigenvalue weighted by Gasteiger charge is -2.50. The van der Waals surface area contributed by atoms with Crippen LogP contribution in [-0.4, -0.2) is 484 Å². The summed E-state index contributed by atoms with van der Waals surface area (Å²) in [5.41, 5.74) is 0. The van der Waals surface area contributed by atoms with E-state index in [0.717, 1.165) is 6.92 Å². The average Bonchev–Trinajstić information content (AvgIpc) is 0.765. The molecule has 0 amide bonds. The first-order valence-electron chi connectivity index (χ1n) is 33.4. The second-order valence-corrected chi connectivity index (χ2v) is 26.5. The maximum absolute atomic E-state index is 13.4. The molecule has 50 heteroatoms. The minimum atomic E-state index is -2.79. The van der Waals surface area contributed by atoms with Gasteiger partial charge in [0.05, 0.1) is 46.2 Å². The molecule has 9 aliphatic heterocycles. The molecular formula is C58H92O50. The third-order valence-corrected chi connectivity index (χ3v) is 19.2. The number of rotatable bonds is 27. The molecule has 0 aromatic heterocycles. The van der Waals surface area contributed by atoms with E-state index in [9.17, 15) is 157 Å². The standard InChI is InChI=1S/C58H92O50/c1-10(63)93-43-35(81)41(46(48(85)86)102-50(43)89)106-58-45(94-11(2)64)36(82)42(47(108-58)49(87)88)105-56-38(84)40(104-57-44(107-55-34(80)29(75)22(68)15(6-62)98-55)30(76)23(69)16(101-57)7-90-51-31(77)26(72)19(65)12(3-59)95-51)25(71)18(100-56)9-92-53-37(83)39(103-54-33(79)28(74)21(67)14(5-61)97-54)24(70)17(99-53)8-91-52-32(78)27(73)20(66)13(4-60)96-52/h12-47,50-62,65-84,89H,3-9H2,1-2H3,(H,85,86)(H,87,88)/t12-,13-,14-,15-,16-,17-,18-,19-,20-,21-,22-,23-,24-,25-,26+,27+,28+,29+,30+,31+,32+,33+,34+,35+,36+,37+,38+,39+,40+,41+,42+,43-,44+,45-,46+,47+,50-,51+,52+,53+,54-,55-,56+,57-,58-/m1/s1. The van der Waals surface area contributed by atoms with Crippen LogP contribution in [0.2, 0.25) is 0 Å². The Balaban J connectivity index is 1.08. The molecule has 0 unspecified atom stereocenters. The van der Waals surface area contributed by atoms with Crippen LogP contribution in [-0.2, 0) is 109 Å². The van der Waals surface area contributed by atoms with Crippen molar-refractivity contribution < 1.29 is 247 Å². The third-order valence-electron chi connectivity index (χ3n) is 19.2. The van der Waals surface area contributed by atoms with Gasteiger partial charge in [-0.25, -0.2) is 9.59 Å². The minimum Gasteiger partial charge on any atom is -0.479 e. The number of carboxylic acids is 2. The Hall–Kier alpha value is -3.80. The van der Waals surface area contributed by atoms with Crippen LogP contribution in [0.25, 0.3) is 0 Å². The Bertz CT molecular complexity index is 2870. The second-order valence-electron chi connectivity index (χ2n) is 26.5.